The van der Waals surface area contributed by atoms with Crippen LogP contribution >= 0.6 is 0 Å². The first-order chi connectivity index (χ1) is 54.7. The Morgan fingerprint density at radius 2 is 0.716 bits per heavy atom. The fourth-order valence-corrected chi connectivity index (χ4v) is 13.4. The van der Waals surface area contributed by atoms with Gasteiger partial charge in [-0.05, 0) is 174 Å². The summed E-state index contributed by atoms with van der Waals surface area (Å²) in [4.78, 5) is 247. The van der Waals surface area contributed by atoms with Crippen LogP contribution in [0.15, 0.2) is 0 Å². The van der Waals surface area contributed by atoms with E-state index in [0.717, 1.165) is 0 Å². The third kappa shape index (κ3) is 33.4. The second kappa shape index (κ2) is 50.8. The lowest BCUT2D eigenvalue weighted by molar-refractivity contribution is -0.145. The molecule has 0 bridgehead atoms. The Morgan fingerprint density at radius 1 is 0.371 bits per heavy atom. The lowest BCUT2D eigenvalue weighted by Gasteiger charge is -2.33. The van der Waals surface area contributed by atoms with E-state index in [0.29, 0.717) is 45.1 Å². The fourth-order valence-electron chi connectivity index (χ4n) is 13.4. The van der Waals surface area contributed by atoms with Crippen molar-refractivity contribution in [2.75, 3.05) is 45.8 Å². The molecule has 0 aromatic carbocycles. The third-order valence-corrected chi connectivity index (χ3v) is 20.1. The average molecular weight is 1650 g/mol. The van der Waals surface area contributed by atoms with E-state index in [2.05, 4.69) is 63.8 Å². The highest BCUT2D eigenvalue weighted by molar-refractivity contribution is 6.01. The molecular weight excluding hydrogens is 1520 g/mol. The Bertz CT molecular complexity index is 3420. The number of carbonyl (C=O) groups excluding carboxylic acids is 15. The minimum Gasteiger partial charge on any atom is -0.481 e. The number of hydrogen-bond acceptors (Lipinski definition) is 23. The van der Waals surface area contributed by atoms with E-state index in [1.165, 1.54) is 35.5 Å². The number of amides is 15. The summed E-state index contributed by atoms with van der Waals surface area (Å²) in [5, 5.41) is 66.4. The predicted octanol–water partition coefficient (Wildman–Crippen LogP) is -6.28. The quantitative estimate of drug-likeness (QED) is 0.0153. The highest BCUT2D eigenvalue weighted by Crippen LogP contribution is 2.26. The fraction of sp³-hybridized carbons (Fsp3) is 0.740. The Labute approximate surface area is 674 Å². The maximum atomic E-state index is 14.8. The van der Waals surface area contributed by atoms with Crippen LogP contribution in [0, 0.1) is 17.2 Å². The Balaban J connectivity index is 1.82. The molecule has 3 aliphatic heterocycles. The van der Waals surface area contributed by atoms with Gasteiger partial charge in [0.25, 0.3) is 0 Å². The number of aliphatic carboxylic acids is 3. The van der Waals surface area contributed by atoms with Gasteiger partial charge in [0.15, 0.2) is 5.96 Å². The molecule has 0 aromatic rings. The van der Waals surface area contributed by atoms with Crippen molar-refractivity contribution >= 4 is 112 Å². The van der Waals surface area contributed by atoms with E-state index in [9.17, 15) is 96.5 Å². The van der Waals surface area contributed by atoms with Gasteiger partial charge in [-0.25, -0.2) is 4.79 Å². The number of hydrogen-bond donors (Lipinski definition) is 22. The molecule has 0 spiro atoms. The molecule has 3 fully saturated rings. The van der Waals surface area contributed by atoms with Crippen LogP contribution in [-0.4, -0.2) is 279 Å². The number of nitrogens with zero attached hydrogens (tertiary/aromatic N) is 3. The lowest BCUT2D eigenvalue weighted by atomic mass is 10.0. The van der Waals surface area contributed by atoms with Crippen LogP contribution in [0.25, 0.3) is 0 Å². The van der Waals surface area contributed by atoms with Gasteiger partial charge in [0, 0.05) is 45.4 Å². The maximum Gasteiger partial charge on any atom is 0.326 e. The monoisotopic (exact) mass is 1650 g/mol. The third-order valence-electron chi connectivity index (χ3n) is 20.1. The SMILES string of the molecule is CC(C)[C@H](NC(=O)[C@H](CCCCN)NC(=O)[C@H](CCCNC(=N)N)NC(=O)[C@@H]1CCCN1C(=O)[C@H](CCCCN)NC(=O)[C@H](C)NC(=O)[C@H](CCC(N)=O)NC(=O)[C@@H]1CCCN1C(=O)[C@@H](NC(=O)[C@@H]1CCCN1C(=O)[C@H](CCC(=O)O)NC(=O)[C@@H](N)CCCCN)C(C)C)C(=O)N[C@@H](C)C(=O)N[C@@H](C)C(=O)N[C@@H](CCC(=O)O)C(=O)O. The number of primary amides is 1. The first-order valence-electron chi connectivity index (χ1n) is 39.8. The van der Waals surface area contributed by atoms with Crippen molar-refractivity contribution in [3.05, 3.63) is 0 Å². The van der Waals surface area contributed by atoms with Crippen molar-refractivity contribution < 1.29 is 102 Å². The summed E-state index contributed by atoms with van der Waals surface area (Å²) >= 11 is 0. The second-order valence-electron chi connectivity index (χ2n) is 30.2. The maximum absolute atomic E-state index is 14.8. The molecule has 3 saturated heterocycles. The van der Waals surface area contributed by atoms with Crippen molar-refractivity contribution in [1.82, 2.24) is 78.5 Å². The molecule has 3 heterocycles. The van der Waals surface area contributed by atoms with Gasteiger partial charge in [-0.15, -0.1) is 0 Å². The first-order valence-corrected chi connectivity index (χ1v) is 39.8. The molecule has 3 rings (SSSR count). The van der Waals surface area contributed by atoms with Crippen molar-refractivity contribution in [1.29, 1.82) is 5.41 Å². The number of likely N-dealkylation sites (tertiary alicyclic amines) is 3. The minimum atomic E-state index is -1.59. The van der Waals surface area contributed by atoms with Gasteiger partial charge in [-0.2, -0.15) is 0 Å². The van der Waals surface area contributed by atoms with Crippen molar-refractivity contribution in [3.63, 3.8) is 0 Å². The van der Waals surface area contributed by atoms with Gasteiger partial charge >= 0.3 is 17.9 Å². The number of unbranched alkanes of at least 4 members (excludes halogenated alkanes) is 3. The van der Waals surface area contributed by atoms with Crippen LogP contribution in [0.4, 0.5) is 0 Å². The number of carboxylic acids is 3. The summed E-state index contributed by atoms with van der Waals surface area (Å²) in [6, 6.07) is -20.0. The molecule has 0 aromatic heterocycles. The molecular formula is C73H126N22O21. The van der Waals surface area contributed by atoms with Gasteiger partial charge in [-0.1, -0.05) is 34.1 Å². The molecule has 0 unspecified atom stereocenters. The van der Waals surface area contributed by atoms with E-state index in [1.54, 1.807) is 27.7 Å². The molecule has 28 N–H and O–H groups in total. The molecule has 3 aliphatic rings. The standard InChI is InChI=1S/C73H126N22O21/c1-38(2)56(68(111)84-40(5)58(101)82-41(6)60(103)90-49(72(115)116)27-30-55(99)100)91-64(107)44(19-9-12-32-75)85-63(106)45(21-14-34-81-73(79)80)86-65(108)50-22-15-35-93(50)69(112)47(20-10-13-33-76)88-59(102)42(7)83-62(105)46(25-28-53(78)96)87-66(109)51-23-17-37-95(51)71(114)57(39(3)4)92-67(110)52-24-16-36-94(52)70(113)48(26-29-54(97)98)89-61(104)43(77)18-8-11-31-74/h38-52,56-57H,8-37,74-77H2,1-7H3,(H2,78,96)(H,82,101)(H,83,105)(H,84,111)(H,85,106)(H,86,108)(H,87,109)(H,88,102)(H,89,104)(H,90,103)(H,91,107)(H,92,110)(H,97,98)(H,99,100)(H,115,116)(H4,79,80,81)/t40-,41-,42-,43-,44-,45-,46-,47-,48-,49-,50-,51-,52-,56-,57-/m0/s1. The lowest BCUT2D eigenvalue weighted by Crippen LogP contribution is -2.61. The number of nitrogens with one attached hydrogen (secondary N) is 13. The Morgan fingerprint density at radius 3 is 1.16 bits per heavy atom. The summed E-state index contributed by atoms with van der Waals surface area (Å²) in [6.45, 7) is 11.1. The van der Waals surface area contributed by atoms with Crippen LogP contribution in [0.2, 0.25) is 0 Å². The highest BCUT2D eigenvalue weighted by Gasteiger charge is 2.45. The number of carbonyl (C=O) groups is 18. The van der Waals surface area contributed by atoms with E-state index in [4.69, 9.17) is 44.9 Å². The van der Waals surface area contributed by atoms with Crippen molar-refractivity contribution in [2.24, 2.45) is 46.2 Å². The highest BCUT2D eigenvalue weighted by atomic mass is 16.4. The van der Waals surface area contributed by atoms with Crippen LogP contribution in [-0.2, 0) is 86.3 Å². The first kappa shape index (κ1) is 99.8. The van der Waals surface area contributed by atoms with Crippen molar-refractivity contribution in [3.8, 4) is 0 Å². The molecule has 0 aliphatic carbocycles. The normalized spacial score (nSPS) is 18.3. The number of carboxylic acid groups (broad SMARTS) is 3. The molecule has 15 atom stereocenters. The summed E-state index contributed by atoms with van der Waals surface area (Å²) in [7, 11) is 0. The number of rotatable bonds is 53. The summed E-state index contributed by atoms with van der Waals surface area (Å²) in [6.07, 6.45) is 1.24. The summed E-state index contributed by atoms with van der Waals surface area (Å²) < 4.78 is 0. The van der Waals surface area contributed by atoms with Crippen LogP contribution in [0.1, 0.15) is 196 Å². The summed E-state index contributed by atoms with van der Waals surface area (Å²) in [5.74, 6) is -18.0. The second-order valence-corrected chi connectivity index (χ2v) is 30.2. The van der Waals surface area contributed by atoms with Gasteiger partial charge < -0.3 is 128 Å². The zero-order valence-corrected chi connectivity index (χ0v) is 67.5. The molecule has 15 amide bonds. The number of guanidine groups is 1. The van der Waals surface area contributed by atoms with Crippen molar-refractivity contribution in [2.45, 2.75) is 287 Å². The largest absolute Gasteiger partial charge is 0.481 e. The molecule has 43 heteroatoms. The molecule has 0 saturated carbocycles. The van der Waals surface area contributed by atoms with E-state index in [-0.39, 0.29) is 123 Å². The van der Waals surface area contributed by atoms with Crippen LogP contribution < -0.4 is 98.2 Å². The van der Waals surface area contributed by atoms with E-state index >= 15 is 0 Å². The molecule has 116 heavy (non-hydrogen) atoms. The average Bonchev–Trinajstić information content (AvgIpc) is 1.63. The van der Waals surface area contributed by atoms with Gasteiger partial charge in [0.1, 0.15) is 84.6 Å². The van der Waals surface area contributed by atoms with E-state index in [1.807, 2.05) is 0 Å². The van der Waals surface area contributed by atoms with E-state index < -0.39 is 241 Å². The predicted molar refractivity (Wildman–Crippen MR) is 418 cm³/mol. The van der Waals surface area contributed by atoms with Crippen LogP contribution in [0.3, 0.4) is 0 Å². The zero-order chi connectivity index (χ0) is 87.2. The Kier molecular flexibility index (Phi) is 43.7. The number of nitrogens with two attached hydrogens (primary N) is 6. The zero-order valence-electron chi connectivity index (χ0n) is 67.5. The van der Waals surface area contributed by atoms with Crippen LogP contribution in [0.5, 0.6) is 0 Å². The smallest absolute Gasteiger partial charge is 0.326 e. The minimum absolute atomic E-state index is 0.00136. The molecule has 43 nitrogen and oxygen atoms in total. The molecule has 0 radical (unpaired) electrons. The van der Waals surface area contributed by atoms with Gasteiger partial charge in [0.05, 0.1) is 6.04 Å². The Hall–Kier alpha value is -10.4. The molecule has 654 valence electrons. The van der Waals surface area contributed by atoms with Gasteiger partial charge in [-0.3, -0.25) is 86.9 Å². The summed E-state index contributed by atoms with van der Waals surface area (Å²) in [5.41, 5.74) is 34.3. The topological polar surface area (TPSA) is 702 Å². The van der Waals surface area contributed by atoms with Gasteiger partial charge in [0.2, 0.25) is 88.6 Å².